The lowest BCUT2D eigenvalue weighted by molar-refractivity contribution is 0.0827. The van der Waals surface area contributed by atoms with E-state index < -0.39 is 11.8 Å². The number of urea groups is 1. The molecular formula is C32H33FN8O3. The summed E-state index contributed by atoms with van der Waals surface area (Å²) in [7, 11) is 5.28. The number of amides is 3. The first-order valence-corrected chi connectivity index (χ1v) is 14.3. The quantitative estimate of drug-likeness (QED) is 0.334. The van der Waals surface area contributed by atoms with Crippen molar-refractivity contribution in [3.05, 3.63) is 77.6 Å². The summed E-state index contributed by atoms with van der Waals surface area (Å²) in [5, 5.41) is 12.5. The van der Waals surface area contributed by atoms with E-state index in [1.54, 1.807) is 50.5 Å². The third kappa shape index (κ3) is 6.16. The van der Waals surface area contributed by atoms with Crippen LogP contribution in [0.5, 0.6) is 0 Å². The van der Waals surface area contributed by atoms with Gasteiger partial charge in [0.2, 0.25) is 0 Å². The number of benzene rings is 3. The second kappa shape index (κ2) is 12.3. The monoisotopic (exact) mass is 596 g/mol. The van der Waals surface area contributed by atoms with Crippen molar-refractivity contribution in [3.63, 3.8) is 0 Å². The van der Waals surface area contributed by atoms with Gasteiger partial charge in [0, 0.05) is 75.2 Å². The zero-order valence-corrected chi connectivity index (χ0v) is 24.7. The standard InChI is InChI=1S/C32H33FN8O3/c1-39(2)31(42)20-4-7-23(8-5-20)35-32(43)36-24-9-11-25(27(33)17-24)29-37-28-16-21(22-18-34-40(3)19-22)6-10-26(28)30(38-29)41-12-14-44-15-13-41/h4-11,16-18,22H,12-15,19H2,1-3H3,(H2,35,36,43). The van der Waals surface area contributed by atoms with Gasteiger partial charge in [0.15, 0.2) is 5.82 Å². The Kier molecular flexibility index (Phi) is 8.07. The fourth-order valence-electron chi connectivity index (χ4n) is 5.28. The maximum Gasteiger partial charge on any atom is 0.323 e. The maximum absolute atomic E-state index is 15.6. The van der Waals surface area contributed by atoms with Crippen molar-refractivity contribution in [3.8, 4) is 11.4 Å². The number of carbonyl (C=O) groups is 2. The molecular weight excluding hydrogens is 563 g/mol. The molecule has 1 unspecified atom stereocenters. The zero-order chi connectivity index (χ0) is 30.8. The van der Waals surface area contributed by atoms with Gasteiger partial charge in [-0.3, -0.25) is 9.80 Å². The van der Waals surface area contributed by atoms with E-state index in [0.717, 1.165) is 28.8 Å². The van der Waals surface area contributed by atoms with Crippen molar-refractivity contribution >= 4 is 46.2 Å². The number of likely N-dealkylation sites (N-methyl/N-ethyl adjacent to an activating group) is 1. The van der Waals surface area contributed by atoms with Gasteiger partial charge in [0.25, 0.3) is 5.91 Å². The maximum atomic E-state index is 15.6. The Labute approximate surface area is 254 Å². The number of rotatable bonds is 6. The molecule has 12 heteroatoms. The summed E-state index contributed by atoms with van der Waals surface area (Å²) in [6.07, 6.45) is 1.93. The van der Waals surface area contributed by atoms with Crippen LogP contribution in [-0.4, -0.2) is 92.0 Å². The van der Waals surface area contributed by atoms with Crippen LogP contribution in [0.1, 0.15) is 21.8 Å². The molecule has 0 spiro atoms. The molecule has 0 bridgehead atoms. The highest BCUT2D eigenvalue weighted by atomic mass is 19.1. The first-order valence-electron chi connectivity index (χ1n) is 14.3. The Morgan fingerprint density at radius 1 is 0.955 bits per heavy atom. The lowest BCUT2D eigenvalue weighted by Gasteiger charge is -2.29. The second-order valence-electron chi connectivity index (χ2n) is 11.0. The molecule has 1 aromatic heterocycles. The largest absolute Gasteiger partial charge is 0.378 e. The fourth-order valence-corrected chi connectivity index (χ4v) is 5.28. The highest BCUT2D eigenvalue weighted by molar-refractivity contribution is 6.00. The molecule has 0 aliphatic carbocycles. The van der Waals surface area contributed by atoms with Crippen LogP contribution in [-0.2, 0) is 4.74 Å². The number of morpholine rings is 1. The molecule has 44 heavy (non-hydrogen) atoms. The molecule has 3 heterocycles. The lowest BCUT2D eigenvalue weighted by atomic mass is 9.99. The number of fused-ring (bicyclic) bond motifs is 1. The number of nitrogens with zero attached hydrogens (tertiary/aromatic N) is 6. The number of hydrogen-bond acceptors (Lipinski definition) is 8. The molecule has 2 aliphatic rings. The summed E-state index contributed by atoms with van der Waals surface area (Å²) in [6.45, 7) is 3.28. The molecule has 11 nitrogen and oxygen atoms in total. The highest BCUT2D eigenvalue weighted by Gasteiger charge is 2.22. The van der Waals surface area contributed by atoms with Gasteiger partial charge < -0.3 is 25.2 Å². The fraction of sp³-hybridized carbons (Fsp3) is 0.281. The number of anilines is 3. The Balaban J connectivity index is 1.25. The predicted molar refractivity (Wildman–Crippen MR) is 169 cm³/mol. The topological polar surface area (TPSA) is 115 Å². The van der Waals surface area contributed by atoms with E-state index in [9.17, 15) is 9.59 Å². The van der Waals surface area contributed by atoms with Gasteiger partial charge in [-0.2, -0.15) is 5.10 Å². The molecule has 1 atom stereocenters. The van der Waals surface area contributed by atoms with E-state index in [-0.39, 0.29) is 28.9 Å². The lowest BCUT2D eigenvalue weighted by Crippen LogP contribution is -2.37. The van der Waals surface area contributed by atoms with Crippen LogP contribution in [0, 0.1) is 5.82 Å². The number of hydrazone groups is 1. The number of ether oxygens (including phenoxy) is 1. The van der Waals surface area contributed by atoms with Crippen LogP contribution in [0.2, 0.25) is 0 Å². The molecule has 1 saturated heterocycles. The highest BCUT2D eigenvalue weighted by Crippen LogP contribution is 2.32. The smallest absolute Gasteiger partial charge is 0.323 e. The van der Waals surface area contributed by atoms with Crippen molar-refractivity contribution in [2.45, 2.75) is 5.92 Å². The Morgan fingerprint density at radius 3 is 2.36 bits per heavy atom. The first-order chi connectivity index (χ1) is 21.2. The van der Waals surface area contributed by atoms with Crippen LogP contribution < -0.4 is 15.5 Å². The first kappa shape index (κ1) is 29.0. The minimum atomic E-state index is -0.567. The summed E-state index contributed by atoms with van der Waals surface area (Å²) in [6, 6.07) is 16.5. The van der Waals surface area contributed by atoms with E-state index in [2.05, 4.69) is 26.7 Å². The SMILES string of the molecule is CN1CC(c2ccc3c(N4CCOCC4)nc(-c4ccc(NC(=O)Nc5ccc(C(=O)N(C)C)cc5)cc4F)nc3c2)C=N1. The molecule has 3 aromatic carbocycles. The van der Waals surface area contributed by atoms with Crippen molar-refractivity contribution in [2.24, 2.45) is 5.10 Å². The third-order valence-electron chi connectivity index (χ3n) is 7.61. The minimum absolute atomic E-state index is 0.138. The van der Waals surface area contributed by atoms with Crippen LogP contribution >= 0.6 is 0 Å². The van der Waals surface area contributed by atoms with Crippen molar-refractivity contribution < 1.29 is 18.7 Å². The number of nitrogens with one attached hydrogen (secondary N) is 2. The van der Waals surface area contributed by atoms with Gasteiger partial charge >= 0.3 is 6.03 Å². The summed E-state index contributed by atoms with van der Waals surface area (Å²) in [4.78, 5) is 38.0. The van der Waals surface area contributed by atoms with Gasteiger partial charge in [0.05, 0.1) is 24.3 Å². The molecule has 2 aliphatic heterocycles. The zero-order valence-electron chi connectivity index (χ0n) is 24.7. The molecule has 4 aromatic rings. The van der Waals surface area contributed by atoms with Gasteiger partial charge in [0.1, 0.15) is 11.6 Å². The summed E-state index contributed by atoms with van der Waals surface area (Å²) in [5.41, 5.74) is 3.28. The Bertz CT molecular complexity index is 1740. The third-order valence-corrected chi connectivity index (χ3v) is 7.61. The number of halogens is 1. The van der Waals surface area contributed by atoms with Crippen LogP contribution in [0.3, 0.4) is 0 Å². The van der Waals surface area contributed by atoms with Gasteiger partial charge in [-0.15, -0.1) is 0 Å². The minimum Gasteiger partial charge on any atom is -0.378 e. The van der Waals surface area contributed by atoms with Crippen molar-refractivity contribution in [1.82, 2.24) is 19.9 Å². The normalized spacial score (nSPS) is 16.3. The van der Waals surface area contributed by atoms with Gasteiger partial charge in [-0.25, -0.2) is 19.2 Å². The van der Waals surface area contributed by atoms with Crippen molar-refractivity contribution in [2.75, 3.05) is 69.5 Å². The predicted octanol–water partition coefficient (Wildman–Crippen LogP) is 4.63. The Hall–Kier alpha value is -5.10. The summed E-state index contributed by atoms with van der Waals surface area (Å²) >= 11 is 0. The van der Waals surface area contributed by atoms with Crippen LogP contribution in [0.15, 0.2) is 65.8 Å². The van der Waals surface area contributed by atoms with E-state index in [4.69, 9.17) is 14.7 Å². The molecule has 6 rings (SSSR count). The molecule has 226 valence electrons. The van der Waals surface area contributed by atoms with E-state index in [1.165, 1.54) is 11.0 Å². The number of aromatic nitrogens is 2. The average Bonchev–Trinajstić information content (AvgIpc) is 3.47. The molecule has 0 radical (unpaired) electrons. The number of hydrogen-bond donors (Lipinski definition) is 2. The van der Waals surface area contributed by atoms with E-state index >= 15 is 4.39 Å². The summed E-state index contributed by atoms with van der Waals surface area (Å²) < 4.78 is 21.1. The molecule has 0 saturated carbocycles. The molecule has 1 fully saturated rings. The average molecular weight is 597 g/mol. The Morgan fingerprint density at radius 2 is 1.68 bits per heavy atom. The number of carbonyl (C=O) groups excluding carboxylic acids is 2. The van der Waals surface area contributed by atoms with Gasteiger partial charge in [-0.1, -0.05) is 6.07 Å². The van der Waals surface area contributed by atoms with Crippen LogP contribution in [0.4, 0.5) is 26.4 Å². The molecule has 3 amide bonds. The van der Waals surface area contributed by atoms with Crippen LogP contribution in [0.25, 0.3) is 22.3 Å². The summed E-state index contributed by atoms with van der Waals surface area (Å²) in [5.74, 6) is 0.426. The van der Waals surface area contributed by atoms with E-state index in [0.29, 0.717) is 37.6 Å². The van der Waals surface area contributed by atoms with Gasteiger partial charge in [-0.05, 0) is 60.2 Å². The van der Waals surface area contributed by atoms with Crippen molar-refractivity contribution in [1.29, 1.82) is 0 Å². The van der Waals surface area contributed by atoms with E-state index in [1.807, 2.05) is 30.4 Å². The molecule has 2 N–H and O–H groups in total. The second-order valence-corrected chi connectivity index (χ2v) is 11.0.